The van der Waals surface area contributed by atoms with Crippen LogP contribution < -0.4 is 5.32 Å². The van der Waals surface area contributed by atoms with Crippen molar-refractivity contribution in [3.63, 3.8) is 0 Å². The quantitative estimate of drug-likeness (QED) is 0.768. The molecule has 1 aliphatic rings. The maximum Gasteiger partial charge on any atom is 0.207 e. The Balaban J connectivity index is 1.83. The molecule has 2 unspecified atom stereocenters. The first-order valence-corrected chi connectivity index (χ1v) is 5.75. The van der Waals surface area contributed by atoms with Crippen LogP contribution in [-0.4, -0.2) is 18.6 Å². The lowest BCUT2D eigenvalue weighted by Crippen LogP contribution is -2.36. The minimum Gasteiger partial charge on any atom is -0.371 e. The number of carbonyl (C=O) groups is 1. The Morgan fingerprint density at radius 3 is 2.88 bits per heavy atom. The zero-order valence-electron chi connectivity index (χ0n) is 9.26. The summed E-state index contributed by atoms with van der Waals surface area (Å²) in [6.07, 6.45) is 4.14. The first kappa shape index (κ1) is 11.1. The number of rotatable bonds is 5. The van der Waals surface area contributed by atoms with E-state index in [0.29, 0.717) is 6.61 Å². The molecule has 0 radical (unpaired) electrons. The Labute approximate surface area is 95.8 Å². The van der Waals surface area contributed by atoms with Gasteiger partial charge in [-0.2, -0.15) is 0 Å². The summed E-state index contributed by atoms with van der Waals surface area (Å²) in [6, 6.07) is 10.3. The molecule has 1 aromatic carbocycles. The van der Waals surface area contributed by atoms with Crippen molar-refractivity contribution in [2.75, 3.05) is 0 Å². The molecule has 0 spiro atoms. The number of hydrogen-bond acceptors (Lipinski definition) is 2. The summed E-state index contributed by atoms with van der Waals surface area (Å²) >= 11 is 0. The van der Waals surface area contributed by atoms with Gasteiger partial charge in [-0.05, 0) is 24.8 Å². The molecule has 16 heavy (non-hydrogen) atoms. The highest BCUT2D eigenvalue weighted by Gasteiger charge is 2.27. The highest BCUT2D eigenvalue weighted by atomic mass is 16.5. The van der Waals surface area contributed by atoms with Crippen molar-refractivity contribution in [2.24, 2.45) is 0 Å². The predicted octanol–water partition coefficient (Wildman–Crippen LogP) is 1.87. The van der Waals surface area contributed by atoms with Gasteiger partial charge in [-0.3, -0.25) is 4.79 Å². The van der Waals surface area contributed by atoms with E-state index in [2.05, 4.69) is 17.4 Å². The van der Waals surface area contributed by atoms with E-state index in [1.54, 1.807) is 0 Å². The molecule has 2 rings (SSSR count). The molecule has 1 amide bonds. The molecule has 1 aromatic rings. The summed E-state index contributed by atoms with van der Waals surface area (Å²) in [5.74, 6) is 0. The zero-order chi connectivity index (χ0) is 11.2. The van der Waals surface area contributed by atoms with E-state index in [4.69, 9.17) is 4.74 Å². The van der Waals surface area contributed by atoms with Gasteiger partial charge in [0.2, 0.25) is 6.41 Å². The number of amides is 1. The smallest absolute Gasteiger partial charge is 0.207 e. The third kappa shape index (κ3) is 2.83. The van der Waals surface area contributed by atoms with Gasteiger partial charge < -0.3 is 10.1 Å². The number of hydrogen-bond donors (Lipinski definition) is 1. The number of benzene rings is 1. The standard InChI is InChI=1S/C13H17NO2/c15-10-14-12-7-4-8-13(12)16-9-11-5-2-1-3-6-11/h1-3,5-6,10,12-13H,4,7-9H2,(H,14,15). The van der Waals surface area contributed by atoms with E-state index >= 15 is 0 Å². The number of ether oxygens (including phenoxy) is 1. The molecule has 0 bridgehead atoms. The van der Waals surface area contributed by atoms with E-state index < -0.39 is 0 Å². The van der Waals surface area contributed by atoms with Crippen LogP contribution in [0.2, 0.25) is 0 Å². The molecular weight excluding hydrogens is 202 g/mol. The summed E-state index contributed by atoms with van der Waals surface area (Å²) < 4.78 is 5.83. The molecule has 86 valence electrons. The number of carbonyl (C=O) groups excluding carboxylic acids is 1. The molecule has 0 heterocycles. The maximum absolute atomic E-state index is 10.4. The van der Waals surface area contributed by atoms with Crippen LogP contribution in [-0.2, 0) is 16.1 Å². The minimum absolute atomic E-state index is 0.172. The fourth-order valence-electron chi connectivity index (χ4n) is 2.18. The minimum atomic E-state index is 0.172. The lowest BCUT2D eigenvalue weighted by Gasteiger charge is -2.19. The predicted molar refractivity (Wildman–Crippen MR) is 61.9 cm³/mol. The molecule has 0 saturated heterocycles. The van der Waals surface area contributed by atoms with Crippen LogP contribution in [0.15, 0.2) is 30.3 Å². The van der Waals surface area contributed by atoms with Gasteiger partial charge in [-0.25, -0.2) is 0 Å². The average molecular weight is 219 g/mol. The molecule has 0 aliphatic heterocycles. The third-order valence-electron chi connectivity index (χ3n) is 3.04. The average Bonchev–Trinajstić information content (AvgIpc) is 2.76. The summed E-state index contributed by atoms with van der Waals surface area (Å²) in [7, 11) is 0. The van der Waals surface area contributed by atoms with E-state index in [1.807, 2.05) is 18.2 Å². The lowest BCUT2D eigenvalue weighted by atomic mass is 10.2. The van der Waals surface area contributed by atoms with Crippen molar-refractivity contribution in [1.82, 2.24) is 5.32 Å². The number of nitrogens with one attached hydrogen (secondary N) is 1. The Morgan fingerprint density at radius 2 is 2.12 bits per heavy atom. The van der Waals surface area contributed by atoms with Crippen LogP contribution in [0, 0.1) is 0 Å². The Bertz CT molecular complexity index is 326. The van der Waals surface area contributed by atoms with E-state index in [-0.39, 0.29) is 12.1 Å². The van der Waals surface area contributed by atoms with Gasteiger partial charge in [0.25, 0.3) is 0 Å². The van der Waals surface area contributed by atoms with Crippen LogP contribution in [0.4, 0.5) is 0 Å². The summed E-state index contributed by atoms with van der Waals surface area (Å²) in [6.45, 7) is 0.628. The third-order valence-corrected chi connectivity index (χ3v) is 3.04. The molecule has 3 heteroatoms. The fourth-order valence-corrected chi connectivity index (χ4v) is 2.18. The normalized spacial score (nSPS) is 24.2. The van der Waals surface area contributed by atoms with Crippen molar-refractivity contribution < 1.29 is 9.53 Å². The summed E-state index contributed by atoms with van der Waals surface area (Å²) in [4.78, 5) is 10.4. The molecule has 3 nitrogen and oxygen atoms in total. The van der Waals surface area contributed by atoms with Crippen molar-refractivity contribution in [1.29, 1.82) is 0 Å². The van der Waals surface area contributed by atoms with Crippen molar-refractivity contribution in [3.05, 3.63) is 35.9 Å². The molecule has 2 atom stereocenters. The highest BCUT2D eigenvalue weighted by molar-refractivity contribution is 5.46. The van der Waals surface area contributed by atoms with Gasteiger partial charge in [0.15, 0.2) is 0 Å². The van der Waals surface area contributed by atoms with Crippen molar-refractivity contribution in [2.45, 2.75) is 38.0 Å². The monoisotopic (exact) mass is 219 g/mol. The van der Waals surface area contributed by atoms with E-state index in [1.165, 1.54) is 5.56 Å². The van der Waals surface area contributed by atoms with Gasteiger partial charge in [0, 0.05) is 0 Å². The first-order valence-electron chi connectivity index (χ1n) is 5.75. The largest absolute Gasteiger partial charge is 0.371 e. The maximum atomic E-state index is 10.4. The van der Waals surface area contributed by atoms with Gasteiger partial charge >= 0.3 is 0 Å². The second-order valence-electron chi connectivity index (χ2n) is 4.16. The zero-order valence-corrected chi connectivity index (χ0v) is 9.26. The molecule has 1 saturated carbocycles. The molecule has 0 aromatic heterocycles. The van der Waals surface area contributed by atoms with Gasteiger partial charge in [-0.1, -0.05) is 30.3 Å². The van der Waals surface area contributed by atoms with Crippen molar-refractivity contribution in [3.8, 4) is 0 Å². The molecule has 1 aliphatic carbocycles. The summed E-state index contributed by atoms with van der Waals surface area (Å²) in [5.41, 5.74) is 1.18. The molecule has 1 fully saturated rings. The topological polar surface area (TPSA) is 38.3 Å². The SMILES string of the molecule is O=CNC1CCCC1OCc1ccccc1. The Morgan fingerprint density at radius 1 is 1.31 bits per heavy atom. The van der Waals surface area contributed by atoms with Crippen molar-refractivity contribution >= 4 is 6.41 Å². The Kier molecular flexibility index (Phi) is 3.94. The lowest BCUT2D eigenvalue weighted by molar-refractivity contribution is -0.111. The second-order valence-corrected chi connectivity index (χ2v) is 4.16. The molecule has 1 N–H and O–H groups in total. The first-order chi connectivity index (χ1) is 7.90. The van der Waals surface area contributed by atoms with Crippen LogP contribution in [0.3, 0.4) is 0 Å². The summed E-state index contributed by atoms with van der Waals surface area (Å²) in [5, 5.41) is 2.83. The van der Waals surface area contributed by atoms with E-state index in [9.17, 15) is 4.79 Å². The van der Waals surface area contributed by atoms with Gasteiger partial charge in [0.1, 0.15) is 0 Å². The highest BCUT2D eigenvalue weighted by Crippen LogP contribution is 2.22. The van der Waals surface area contributed by atoms with Crippen LogP contribution >= 0.6 is 0 Å². The molecular formula is C13H17NO2. The van der Waals surface area contributed by atoms with Crippen LogP contribution in [0.1, 0.15) is 24.8 Å². The van der Waals surface area contributed by atoms with E-state index in [0.717, 1.165) is 25.7 Å². The Hall–Kier alpha value is -1.35. The second kappa shape index (κ2) is 5.66. The van der Waals surface area contributed by atoms with Gasteiger partial charge in [0.05, 0.1) is 18.8 Å². The van der Waals surface area contributed by atoms with Crippen LogP contribution in [0.5, 0.6) is 0 Å². The van der Waals surface area contributed by atoms with Crippen LogP contribution in [0.25, 0.3) is 0 Å². The fraction of sp³-hybridized carbons (Fsp3) is 0.462. The van der Waals surface area contributed by atoms with Gasteiger partial charge in [-0.15, -0.1) is 0 Å².